The van der Waals surface area contributed by atoms with Crippen molar-refractivity contribution in [2.45, 2.75) is 58.2 Å². The first-order valence-electron chi connectivity index (χ1n) is 8.77. The van der Waals surface area contributed by atoms with Gasteiger partial charge in [0, 0.05) is 26.2 Å². The highest BCUT2D eigenvalue weighted by molar-refractivity contribution is 6.08. The van der Waals surface area contributed by atoms with Crippen LogP contribution in [0, 0.1) is 0 Å². The summed E-state index contributed by atoms with van der Waals surface area (Å²) in [6.45, 7) is 4.60. The zero-order valence-electron chi connectivity index (χ0n) is 15.0. The number of nitrogens with zero attached hydrogens (tertiary/aromatic N) is 4. The molecule has 1 aromatic heterocycles. The lowest BCUT2D eigenvalue weighted by molar-refractivity contribution is -0.138. The lowest BCUT2D eigenvalue weighted by Crippen LogP contribution is -2.44. The van der Waals surface area contributed by atoms with E-state index in [1.165, 1.54) is 4.90 Å². The minimum Gasteiger partial charge on any atom is -0.338 e. The van der Waals surface area contributed by atoms with Crippen LogP contribution in [-0.4, -0.2) is 56.3 Å². The van der Waals surface area contributed by atoms with Crippen LogP contribution >= 0.6 is 0 Å². The number of carbonyl (C=O) groups is 3. The average molecular weight is 347 g/mol. The topological polar surface area (TPSA) is 87.5 Å². The van der Waals surface area contributed by atoms with Crippen molar-refractivity contribution in [3.63, 3.8) is 0 Å². The van der Waals surface area contributed by atoms with Gasteiger partial charge in [0.15, 0.2) is 0 Å². The van der Waals surface area contributed by atoms with Gasteiger partial charge in [-0.3, -0.25) is 14.5 Å². The van der Waals surface area contributed by atoms with Gasteiger partial charge in [0.1, 0.15) is 17.9 Å². The third-order valence-corrected chi connectivity index (χ3v) is 5.13. The van der Waals surface area contributed by atoms with Gasteiger partial charge in [-0.2, -0.15) is 0 Å². The molecule has 0 saturated carbocycles. The van der Waals surface area contributed by atoms with Crippen LogP contribution in [0.15, 0.2) is 6.20 Å². The number of urea groups is 1. The van der Waals surface area contributed by atoms with Gasteiger partial charge < -0.3 is 14.8 Å². The minimum absolute atomic E-state index is 0.246. The fourth-order valence-electron chi connectivity index (χ4n) is 3.27. The Morgan fingerprint density at radius 3 is 2.80 bits per heavy atom. The Hall–Kier alpha value is -2.38. The van der Waals surface area contributed by atoms with Gasteiger partial charge in [-0.1, -0.05) is 6.92 Å². The van der Waals surface area contributed by atoms with Crippen molar-refractivity contribution in [3.05, 3.63) is 17.7 Å². The number of hydrogen-bond acceptors (Lipinski definition) is 4. The minimum atomic E-state index is -0.918. The number of rotatable bonds is 5. The predicted octanol–water partition coefficient (Wildman–Crippen LogP) is 0.898. The summed E-state index contributed by atoms with van der Waals surface area (Å²) in [5.74, 6) is 0.434. The van der Waals surface area contributed by atoms with E-state index in [9.17, 15) is 14.4 Å². The summed E-state index contributed by atoms with van der Waals surface area (Å²) < 4.78 is 2.14. The van der Waals surface area contributed by atoms with Gasteiger partial charge in [0.2, 0.25) is 5.91 Å². The van der Waals surface area contributed by atoms with Crippen molar-refractivity contribution in [1.82, 2.24) is 24.7 Å². The Morgan fingerprint density at radius 2 is 2.16 bits per heavy atom. The van der Waals surface area contributed by atoms with E-state index in [-0.39, 0.29) is 18.4 Å². The summed E-state index contributed by atoms with van der Waals surface area (Å²) >= 11 is 0. The van der Waals surface area contributed by atoms with E-state index in [2.05, 4.69) is 14.9 Å². The lowest BCUT2D eigenvalue weighted by atomic mass is 9.99. The Labute approximate surface area is 147 Å². The Kier molecular flexibility index (Phi) is 4.53. The third kappa shape index (κ3) is 3.25. The van der Waals surface area contributed by atoms with Crippen molar-refractivity contribution in [2.24, 2.45) is 0 Å². The van der Waals surface area contributed by atoms with E-state index in [0.717, 1.165) is 42.2 Å². The van der Waals surface area contributed by atoms with Crippen LogP contribution in [-0.2, 0) is 29.1 Å². The number of amides is 4. The SMILES string of the molecule is CCC1(C)NC(=O)N(CC(=O)N(C)Cc2cn3c(n2)CCCC3)C1=O. The summed E-state index contributed by atoms with van der Waals surface area (Å²) in [4.78, 5) is 43.9. The second-order valence-corrected chi connectivity index (χ2v) is 7.06. The highest BCUT2D eigenvalue weighted by Gasteiger charge is 2.47. The normalized spacial score (nSPS) is 22.8. The second-order valence-electron chi connectivity index (χ2n) is 7.06. The second kappa shape index (κ2) is 6.50. The van der Waals surface area contributed by atoms with Crippen molar-refractivity contribution >= 4 is 17.8 Å². The molecule has 3 rings (SSSR count). The Morgan fingerprint density at radius 1 is 1.40 bits per heavy atom. The molecule has 1 unspecified atom stereocenters. The van der Waals surface area contributed by atoms with E-state index in [4.69, 9.17) is 0 Å². The predicted molar refractivity (Wildman–Crippen MR) is 90.6 cm³/mol. The van der Waals surface area contributed by atoms with Gasteiger partial charge in [0.05, 0.1) is 12.2 Å². The zero-order chi connectivity index (χ0) is 18.2. The lowest BCUT2D eigenvalue weighted by Gasteiger charge is -2.21. The number of hydrogen-bond donors (Lipinski definition) is 1. The monoisotopic (exact) mass is 347 g/mol. The number of fused-ring (bicyclic) bond motifs is 1. The molecule has 0 spiro atoms. The molecule has 1 aromatic rings. The molecule has 2 aliphatic rings. The molecule has 1 saturated heterocycles. The van der Waals surface area contributed by atoms with E-state index in [0.29, 0.717) is 13.0 Å². The molecule has 1 fully saturated rings. The summed E-state index contributed by atoms with van der Waals surface area (Å²) in [6.07, 6.45) is 5.74. The van der Waals surface area contributed by atoms with Crippen LogP contribution in [0.2, 0.25) is 0 Å². The smallest absolute Gasteiger partial charge is 0.325 e. The molecule has 25 heavy (non-hydrogen) atoms. The van der Waals surface area contributed by atoms with E-state index < -0.39 is 11.6 Å². The average Bonchev–Trinajstić information content (AvgIpc) is 3.08. The standard InChI is InChI=1S/C17H25N5O3/c1-4-17(2)15(24)22(16(25)19-17)11-14(23)20(3)9-12-10-21-8-6-5-7-13(21)18-12/h10H,4-9,11H2,1-3H3,(H,19,25). The van der Waals surface area contributed by atoms with Crippen LogP contribution < -0.4 is 5.32 Å². The molecule has 0 aromatic carbocycles. The number of likely N-dealkylation sites (N-methyl/N-ethyl adjacent to an activating group) is 1. The third-order valence-electron chi connectivity index (χ3n) is 5.13. The van der Waals surface area contributed by atoms with Crippen molar-refractivity contribution in [3.8, 4) is 0 Å². The molecule has 0 bridgehead atoms. The molecule has 136 valence electrons. The fourth-order valence-corrected chi connectivity index (χ4v) is 3.27. The number of aryl methyl sites for hydroxylation is 2. The molecule has 0 aliphatic carbocycles. The molecule has 8 nitrogen and oxygen atoms in total. The first-order chi connectivity index (χ1) is 11.8. The Balaban J connectivity index is 1.62. The van der Waals surface area contributed by atoms with E-state index in [1.807, 2.05) is 13.1 Å². The fraction of sp³-hybridized carbons (Fsp3) is 0.647. The van der Waals surface area contributed by atoms with Crippen LogP contribution in [0.5, 0.6) is 0 Å². The Bertz CT molecular complexity index is 690. The maximum absolute atomic E-state index is 12.5. The zero-order valence-corrected chi connectivity index (χ0v) is 15.0. The van der Waals surface area contributed by atoms with E-state index >= 15 is 0 Å². The molecule has 8 heteroatoms. The number of carbonyl (C=O) groups excluding carboxylic acids is 3. The van der Waals surface area contributed by atoms with Crippen molar-refractivity contribution < 1.29 is 14.4 Å². The molecule has 1 N–H and O–H groups in total. The highest BCUT2D eigenvalue weighted by atomic mass is 16.2. The van der Waals surface area contributed by atoms with Crippen LogP contribution in [0.4, 0.5) is 4.79 Å². The number of imidazole rings is 1. The summed E-state index contributed by atoms with van der Waals surface area (Å²) in [5.41, 5.74) is -0.0814. The maximum Gasteiger partial charge on any atom is 0.325 e. The molecule has 0 radical (unpaired) electrons. The molecule has 2 aliphatic heterocycles. The maximum atomic E-state index is 12.5. The molecular formula is C17H25N5O3. The van der Waals surface area contributed by atoms with E-state index in [1.54, 1.807) is 14.0 Å². The molecule has 3 heterocycles. The first kappa shape index (κ1) is 17.4. The van der Waals surface area contributed by atoms with Crippen LogP contribution in [0.3, 0.4) is 0 Å². The van der Waals surface area contributed by atoms with Crippen LogP contribution in [0.25, 0.3) is 0 Å². The summed E-state index contributed by atoms with van der Waals surface area (Å²) in [6, 6.07) is -0.506. The highest BCUT2D eigenvalue weighted by Crippen LogP contribution is 2.21. The largest absolute Gasteiger partial charge is 0.338 e. The quantitative estimate of drug-likeness (QED) is 0.802. The number of imide groups is 1. The number of nitrogens with one attached hydrogen (secondary N) is 1. The summed E-state index contributed by atoms with van der Waals surface area (Å²) in [5, 5.41) is 2.66. The van der Waals surface area contributed by atoms with Crippen molar-refractivity contribution in [1.29, 1.82) is 0 Å². The van der Waals surface area contributed by atoms with Gasteiger partial charge in [-0.15, -0.1) is 0 Å². The van der Waals surface area contributed by atoms with Gasteiger partial charge in [-0.05, 0) is 26.2 Å². The van der Waals surface area contributed by atoms with Crippen molar-refractivity contribution in [2.75, 3.05) is 13.6 Å². The summed E-state index contributed by atoms with van der Waals surface area (Å²) in [7, 11) is 1.66. The molecule has 4 amide bonds. The first-order valence-corrected chi connectivity index (χ1v) is 8.77. The molecular weight excluding hydrogens is 322 g/mol. The van der Waals surface area contributed by atoms with Gasteiger partial charge in [0.25, 0.3) is 5.91 Å². The van der Waals surface area contributed by atoms with Crippen LogP contribution in [0.1, 0.15) is 44.6 Å². The van der Waals surface area contributed by atoms with Gasteiger partial charge in [-0.25, -0.2) is 9.78 Å². The van der Waals surface area contributed by atoms with Gasteiger partial charge >= 0.3 is 6.03 Å². The molecule has 1 atom stereocenters. The number of aromatic nitrogens is 2.